The maximum Gasteiger partial charge on any atom is 0.409 e. The standard InChI is InChI=1S/C40H52F2N3O4/c1-10-49-37(46)20-35(33-19-32(17-28(6)39(33)42)38-26(4)12-11-13-27(38)5)43(8)40(47)36(16-25(2)3)45-23-30(18-34(41)29(45)7)14-15-44-21-31(22-44)24-48-9/h11-13,17-19,23,25,31,35-36H,7-8,10,14-16,20-22,24H2,1-6,9H3/q+1. The monoisotopic (exact) mass is 676 g/mol. The van der Waals surface area contributed by atoms with Crippen molar-refractivity contribution < 1.29 is 32.4 Å². The number of carbonyl (C=O) groups excluding carboxylic acids is 2. The van der Waals surface area contributed by atoms with E-state index in [0.29, 0.717) is 24.3 Å². The minimum absolute atomic E-state index is 0.0367. The van der Waals surface area contributed by atoms with E-state index in [-0.39, 0.29) is 30.2 Å². The molecular formula is C40H52F2N3O4+. The van der Waals surface area contributed by atoms with Gasteiger partial charge in [-0.05, 0) is 98.1 Å². The zero-order valence-corrected chi connectivity index (χ0v) is 30.2. The molecule has 0 saturated carbocycles. The number of hydrogen-bond donors (Lipinski definition) is 0. The lowest BCUT2D eigenvalue weighted by atomic mass is 9.90. The van der Waals surface area contributed by atoms with E-state index < -0.39 is 35.6 Å². The summed E-state index contributed by atoms with van der Waals surface area (Å²) in [6, 6.07) is 7.46. The molecule has 2 atom stereocenters. The highest BCUT2D eigenvalue weighted by atomic mass is 19.1. The summed E-state index contributed by atoms with van der Waals surface area (Å²) in [5.74, 6) is -1.56. The van der Waals surface area contributed by atoms with Crippen LogP contribution in [-0.2, 0) is 19.1 Å². The molecule has 0 aliphatic carbocycles. The van der Waals surface area contributed by atoms with Crippen molar-refractivity contribution in [3.8, 4) is 11.1 Å². The third kappa shape index (κ3) is 9.00. The molecule has 0 spiro atoms. The number of hydrogen-bond acceptors (Lipinski definition) is 6. The minimum Gasteiger partial charge on any atom is -0.466 e. The van der Waals surface area contributed by atoms with Crippen molar-refractivity contribution in [1.82, 2.24) is 9.80 Å². The first-order chi connectivity index (χ1) is 23.2. The Morgan fingerprint density at radius 3 is 2.37 bits per heavy atom. The second kappa shape index (κ2) is 16.6. The number of halogens is 2. The van der Waals surface area contributed by atoms with Crippen LogP contribution in [0.25, 0.3) is 11.1 Å². The molecule has 264 valence electrons. The van der Waals surface area contributed by atoms with E-state index in [2.05, 4.69) is 18.2 Å². The second-order valence-corrected chi connectivity index (χ2v) is 13.8. The average molecular weight is 677 g/mol. The van der Waals surface area contributed by atoms with Crippen LogP contribution in [0, 0.1) is 38.4 Å². The number of rotatable bonds is 15. The number of aryl methyl sites for hydroxylation is 3. The van der Waals surface area contributed by atoms with Gasteiger partial charge in [0.2, 0.25) is 0 Å². The van der Waals surface area contributed by atoms with Crippen LogP contribution < -0.4 is 0 Å². The fourth-order valence-electron chi connectivity index (χ4n) is 6.91. The molecule has 1 fully saturated rings. The van der Waals surface area contributed by atoms with Crippen LogP contribution in [0.2, 0.25) is 0 Å². The molecule has 2 aromatic carbocycles. The highest BCUT2D eigenvalue weighted by Gasteiger charge is 2.42. The van der Waals surface area contributed by atoms with Crippen LogP contribution in [-0.4, -0.2) is 79.0 Å². The molecule has 7 nitrogen and oxygen atoms in total. The number of esters is 1. The summed E-state index contributed by atoms with van der Waals surface area (Å²) in [7, 11) is 1.70. The molecule has 1 saturated heterocycles. The van der Waals surface area contributed by atoms with E-state index in [1.165, 1.54) is 10.7 Å². The quantitative estimate of drug-likeness (QED) is 0.110. The summed E-state index contributed by atoms with van der Waals surface area (Å²) in [6.45, 7) is 22.9. The first kappa shape index (κ1) is 37.9. The topological polar surface area (TPSA) is 62.1 Å². The van der Waals surface area contributed by atoms with E-state index in [4.69, 9.17) is 9.47 Å². The van der Waals surface area contributed by atoms with Gasteiger partial charge in [-0.1, -0.05) is 38.6 Å². The first-order valence-electron chi connectivity index (χ1n) is 17.2. The Balaban J connectivity index is 1.71. The van der Waals surface area contributed by atoms with Gasteiger partial charge in [-0.25, -0.2) is 13.6 Å². The molecule has 2 heterocycles. The van der Waals surface area contributed by atoms with Crippen LogP contribution in [0.5, 0.6) is 0 Å². The number of methoxy groups -OCH3 is 1. The van der Waals surface area contributed by atoms with Crippen molar-refractivity contribution in [3.05, 3.63) is 94.4 Å². The zero-order valence-electron chi connectivity index (χ0n) is 30.2. The van der Waals surface area contributed by atoms with Crippen LogP contribution in [0.15, 0.2) is 66.3 Å². The summed E-state index contributed by atoms with van der Waals surface area (Å²) in [5.41, 5.74) is 5.12. The molecule has 1 amide bonds. The molecule has 2 aliphatic rings. The van der Waals surface area contributed by atoms with Crippen LogP contribution in [0.1, 0.15) is 68.3 Å². The van der Waals surface area contributed by atoms with Crippen molar-refractivity contribution in [2.24, 2.45) is 11.8 Å². The van der Waals surface area contributed by atoms with Crippen molar-refractivity contribution in [3.63, 3.8) is 0 Å². The Hall–Kier alpha value is -3.95. The lowest BCUT2D eigenvalue weighted by Gasteiger charge is -2.39. The smallest absolute Gasteiger partial charge is 0.409 e. The predicted octanol–water partition coefficient (Wildman–Crippen LogP) is 7.60. The molecule has 0 N–H and O–H groups in total. The summed E-state index contributed by atoms with van der Waals surface area (Å²) in [4.78, 5) is 31.5. The van der Waals surface area contributed by atoms with Crippen molar-refractivity contribution >= 4 is 18.6 Å². The average Bonchev–Trinajstić information content (AvgIpc) is 3.02. The van der Waals surface area contributed by atoms with Gasteiger partial charge in [-0.15, -0.1) is 0 Å². The molecule has 2 unspecified atom stereocenters. The second-order valence-electron chi connectivity index (χ2n) is 13.8. The fraction of sp³-hybridized carbons (Fsp3) is 0.475. The molecule has 9 heteroatoms. The maximum atomic E-state index is 16.2. The van der Waals surface area contributed by atoms with E-state index in [9.17, 15) is 9.59 Å². The van der Waals surface area contributed by atoms with Crippen LogP contribution >= 0.6 is 0 Å². The summed E-state index contributed by atoms with van der Waals surface area (Å²) in [5, 5.41) is 0. The fourth-order valence-corrected chi connectivity index (χ4v) is 6.91. The first-order valence-corrected chi connectivity index (χ1v) is 17.2. The third-order valence-electron chi connectivity index (χ3n) is 9.41. The van der Waals surface area contributed by atoms with Gasteiger partial charge < -0.3 is 19.3 Å². The molecule has 4 rings (SSSR count). The number of carbonyl (C=O) groups is 2. The highest BCUT2D eigenvalue weighted by Crippen LogP contribution is 2.36. The Morgan fingerprint density at radius 2 is 1.76 bits per heavy atom. The number of benzene rings is 2. The lowest BCUT2D eigenvalue weighted by Crippen LogP contribution is -2.49. The van der Waals surface area contributed by atoms with Gasteiger partial charge in [0.05, 0.1) is 24.5 Å². The molecule has 0 bridgehead atoms. The summed E-state index contributed by atoms with van der Waals surface area (Å²) in [6.07, 6.45) is 3.91. The normalized spacial score (nSPS) is 16.6. The minimum atomic E-state index is -1.09. The number of nitrogens with zero attached hydrogens (tertiary/aromatic N) is 3. The number of ether oxygens (including phenoxy) is 2. The van der Waals surface area contributed by atoms with Gasteiger partial charge in [-0.2, -0.15) is 4.58 Å². The molecule has 2 aliphatic heterocycles. The molecule has 0 radical (unpaired) electrons. The van der Waals surface area contributed by atoms with Gasteiger partial charge in [-0.3, -0.25) is 4.79 Å². The Kier molecular flexibility index (Phi) is 12.9. The SMILES string of the molecule is C=C1C(F)=CC(CCN2CC(COC)C2)=CN1C(CC(C)C)C(=O)[N+](=C)C(CC(=O)OCC)c1cc(-c2c(C)cccc2C)cc(C)c1F. The van der Waals surface area contributed by atoms with Crippen molar-refractivity contribution in [2.75, 3.05) is 40.0 Å². The van der Waals surface area contributed by atoms with Gasteiger partial charge >= 0.3 is 11.9 Å². The maximum absolute atomic E-state index is 16.2. The summed E-state index contributed by atoms with van der Waals surface area (Å²) >= 11 is 0. The van der Waals surface area contributed by atoms with E-state index in [1.54, 1.807) is 44.2 Å². The van der Waals surface area contributed by atoms with Gasteiger partial charge in [0.15, 0.2) is 12.1 Å². The van der Waals surface area contributed by atoms with Crippen molar-refractivity contribution in [2.45, 2.75) is 72.9 Å². The number of allylic oxidation sites excluding steroid dienone is 2. The number of likely N-dealkylation sites (tertiary alicyclic amines) is 1. The third-order valence-corrected chi connectivity index (χ3v) is 9.41. The molecule has 0 aromatic heterocycles. The molecule has 2 aromatic rings. The van der Waals surface area contributed by atoms with Gasteiger partial charge in [0, 0.05) is 38.9 Å². The summed E-state index contributed by atoms with van der Waals surface area (Å²) < 4.78 is 43.4. The predicted molar refractivity (Wildman–Crippen MR) is 190 cm³/mol. The zero-order chi connectivity index (χ0) is 36.0. The molecular weight excluding hydrogens is 624 g/mol. The van der Waals surface area contributed by atoms with E-state index in [1.807, 2.05) is 45.9 Å². The van der Waals surface area contributed by atoms with Gasteiger partial charge in [0.25, 0.3) is 0 Å². The van der Waals surface area contributed by atoms with Crippen molar-refractivity contribution in [1.29, 1.82) is 0 Å². The van der Waals surface area contributed by atoms with Crippen LogP contribution in [0.4, 0.5) is 8.78 Å². The van der Waals surface area contributed by atoms with Gasteiger partial charge in [0.1, 0.15) is 24.8 Å². The lowest BCUT2D eigenvalue weighted by molar-refractivity contribution is -0.489. The van der Waals surface area contributed by atoms with E-state index in [0.717, 1.165) is 54.1 Å². The Labute approximate surface area is 290 Å². The highest BCUT2D eigenvalue weighted by molar-refractivity contribution is 5.78. The Morgan fingerprint density at radius 1 is 1.08 bits per heavy atom. The number of amides is 1. The largest absolute Gasteiger partial charge is 0.466 e. The van der Waals surface area contributed by atoms with E-state index >= 15 is 8.78 Å². The molecule has 49 heavy (non-hydrogen) atoms. The van der Waals surface area contributed by atoms with Crippen LogP contribution in [0.3, 0.4) is 0 Å². The Bertz CT molecular complexity index is 1620.